The lowest BCUT2D eigenvalue weighted by Gasteiger charge is -2.36. The number of amides is 2. The summed E-state index contributed by atoms with van der Waals surface area (Å²) in [7, 11) is 0. The van der Waals surface area contributed by atoms with E-state index in [4.69, 9.17) is 0 Å². The summed E-state index contributed by atoms with van der Waals surface area (Å²) >= 11 is 0. The molecule has 2 amide bonds. The molecule has 0 spiro atoms. The standard InChI is InChI=1S/C15H22N2O/c1-11-9-12-7-5-6-8-13(12)10-17(11)14(18)16-15(2,3)4/h5-8,11H,9-10H2,1-4H3,(H,16,18). The number of urea groups is 1. The fourth-order valence-electron chi connectivity index (χ4n) is 2.34. The monoisotopic (exact) mass is 246 g/mol. The lowest BCUT2D eigenvalue weighted by molar-refractivity contribution is 0.161. The molecule has 1 atom stereocenters. The Balaban J connectivity index is 2.14. The SMILES string of the molecule is CC1Cc2ccccc2CN1C(=O)NC(C)(C)C. The van der Waals surface area contributed by atoms with Crippen LogP contribution in [0.2, 0.25) is 0 Å². The molecule has 0 aromatic heterocycles. The van der Waals surface area contributed by atoms with Gasteiger partial charge in [0.05, 0.1) is 0 Å². The molecule has 98 valence electrons. The Bertz CT molecular complexity index is 448. The minimum absolute atomic E-state index is 0.0319. The minimum atomic E-state index is -0.187. The van der Waals surface area contributed by atoms with Crippen molar-refractivity contribution in [2.75, 3.05) is 0 Å². The number of nitrogens with one attached hydrogen (secondary N) is 1. The van der Waals surface area contributed by atoms with Crippen molar-refractivity contribution in [1.82, 2.24) is 10.2 Å². The van der Waals surface area contributed by atoms with E-state index in [9.17, 15) is 4.79 Å². The maximum absolute atomic E-state index is 12.2. The van der Waals surface area contributed by atoms with Crippen molar-refractivity contribution in [1.29, 1.82) is 0 Å². The molecule has 0 saturated heterocycles. The summed E-state index contributed by atoms with van der Waals surface area (Å²) in [6.07, 6.45) is 0.938. The van der Waals surface area contributed by atoms with E-state index in [0.29, 0.717) is 6.54 Å². The zero-order valence-corrected chi connectivity index (χ0v) is 11.7. The van der Waals surface area contributed by atoms with Gasteiger partial charge >= 0.3 is 6.03 Å². The van der Waals surface area contributed by atoms with Gasteiger partial charge in [-0.2, -0.15) is 0 Å². The fraction of sp³-hybridized carbons (Fsp3) is 0.533. The summed E-state index contributed by atoms with van der Waals surface area (Å²) < 4.78 is 0. The zero-order valence-electron chi connectivity index (χ0n) is 11.7. The van der Waals surface area contributed by atoms with Gasteiger partial charge in [0, 0.05) is 18.1 Å². The molecular formula is C15H22N2O. The second-order valence-corrected chi connectivity index (χ2v) is 6.13. The highest BCUT2D eigenvalue weighted by molar-refractivity contribution is 5.75. The third-order valence-electron chi connectivity index (χ3n) is 3.25. The Morgan fingerprint density at radius 2 is 1.89 bits per heavy atom. The van der Waals surface area contributed by atoms with Gasteiger partial charge < -0.3 is 10.2 Å². The Kier molecular flexibility index (Phi) is 3.33. The van der Waals surface area contributed by atoms with Crippen molar-refractivity contribution in [3.8, 4) is 0 Å². The largest absolute Gasteiger partial charge is 0.333 e. The molecule has 0 radical (unpaired) electrons. The number of carbonyl (C=O) groups is 1. The molecule has 0 bridgehead atoms. The predicted molar refractivity (Wildman–Crippen MR) is 73.4 cm³/mol. The molecule has 3 nitrogen and oxygen atoms in total. The molecule has 0 saturated carbocycles. The Labute approximate surface area is 109 Å². The van der Waals surface area contributed by atoms with Gasteiger partial charge in [-0.1, -0.05) is 24.3 Å². The average molecular weight is 246 g/mol. The maximum atomic E-state index is 12.2. The first-order chi connectivity index (χ1) is 8.37. The van der Waals surface area contributed by atoms with Crippen LogP contribution in [0.4, 0.5) is 4.79 Å². The Hall–Kier alpha value is -1.51. The summed E-state index contributed by atoms with van der Waals surface area (Å²) in [4.78, 5) is 14.2. The second-order valence-electron chi connectivity index (χ2n) is 6.13. The summed E-state index contributed by atoms with van der Waals surface area (Å²) in [5.74, 6) is 0. The lowest BCUT2D eigenvalue weighted by atomic mass is 9.95. The first-order valence-corrected chi connectivity index (χ1v) is 6.52. The molecule has 1 aliphatic heterocycles. The fourth-order valence-corrected chi connectivity index (χ4v) is 2.34. The van der Waals surface area contributed by atoms with Crippen molar-refractivity contribution in [2.24, 2.45) is 0 Å². The van der Waals surface area contributed by atoms with Crippen LogP contribution >= 0.6 is 0 Å². The van der Waals surface area contributed by atoms with Crippen molar-refractivity contribution in [3.05, 3.63) is 35.4 Å². The summed E-state index contributed by atoms with van der Waals surface area (Å²) in [6, 6.07) is 8.65. The van der Waals surface area contributed by atoms with Gasteiger partial charge in [0.1, 0.15) is 0 Å². The van der Waals surface area contributed by atoms with Gasteiger partial charge in [-0.3, -0.25) is 0 Å². The third-order valence-corrected chi connectivity index (χ3v) is 3.25. The van der Waals surface area contributed by atoms with Gasteiger partial charge in [0.2, 0.25) is 0 Å². The number of benzene rings is 1. The average Bonchev–Trinajstić information content (AvgIpc) is 2.25. The molecule has 2 rings (SSSR count). The predicted octanol–water partition coefficient (Wildman–Crippen LogP) is 2.94. The quantitative estimate of drug-likeness (QED) is 0.750. The molecule has 1 N–H and O–H groups in total. The molecule has 3 heteroatoms. The topological polar surface area (TPSA) is 32.3 Å². The number of fused-ring (bicyclic) bond motifs is 1. The van der Waals surface area contributed by atoms with E-state index >= 15 is 0 Å². The molecule has 1 aromatic carbocycles. The number of nitrogens with zero attached hydrogens (tertiary/aromatic N) is 1. The smallest absolute Gasteiger partial charge is 0.318 e. The van der Waals surface area contributed by atoms with E-state index < -0.39 is 0 Å². The normalized spacial score (nSPS) is 19.3. The second kappa shape index (κ2) is 4.63. The summed E-state index contributed by atoms with van der Waals surface area (Å²) in [5.41, 5.74) is 2.44. The van der Waals surface area contributed by atoms with Crippen LogP contribution < -0.4 is 5.32 Å². The van der Waals surface area contributed by atoms with E-state index in [0.717, 1.165) is 6.42 Å². The zero-order chi connectivity index (χ0) is 13.3. The molecule has 1 aliphatic rings. The number of rotatable bonds is 0. The van der Waals surface area contributed by atoms with Gasteiger partial charge in [-0.25, -0.2) is 4.79 Å². The van der Waals surface area contributed by atoms with Gasteiger partial charge in [0.15, 0.2) is 0 Å². The van der Waals surface area contributed by atoms with Crippen LogP contribution in [0.15, 0.2) is 24.3 Å². The highest BCUT2D eigenvalue weighted by atomic mass is 16.2. The van der Waals surface area contributed by atoms with E-state index in [1.807, 2.05) is 31.7 Å². The summed E-state index contributed by atoms with van der Waals surface area (Å²) in [5, 5.41) is 3.04. The Morgan fingerprint density at radius 3 is 2.50 bits per heavy atom. The molecule has 1 aromatic rings. The van der Waals surface area contributed by atoms with Crippen LogP contribution in [0.1, 0.15) is 38.8 Å². The molecule has 18 heavy (non-hydrogen) atoms. The van der Waals surface area contributed by atoms with Crippen LogP contribution in [0.3, 0.4) is 0 Å². The van der Waals surface area contributed by atoms with E-state index in [-0.39, 0.29) is 17.6 Å². The third kappa shape index (κ3) is 2.84. The van der Waals surface area contributed by atoms with Crippen molar-refractivity contribution < 1.29 is 4.79 Å². The van der Waals surface area contributed by atoms with Crippen LogP contribution in [0, 0.1) is 0 Å². The lowest BCUT2D eigenvalue weighted by Crippen LogP contribution is -2.52. The van der Waals surface area contributed by atoms with Gasteiger partial charge in [-0.15, -0.1) is 0 Å². The summed E-state index contributed by atoms with van der Waals surface area (Å²) in [6.45, 7) is 8.84. The van der Waals surface area contributed by atoms with E-state index in [1.165, 1.54) is 11.1 Å². The van der Waals surface area contributed by atoms with Crippen LogP contribution in [-0.4, -0.2) is 22.5 Å². The van der Waals surface area contributed by atoms with Crippen LogP contribution in [-0.2, 0) is 13.0 Å². The van der Waals surface area contributed by atoms with E-state index in [2.05, 4.69) is 30.4 Å². The first kappa shape index (κ1) is 12.9. The number of hydrogen-bond acceptors (Lipinski definition) is 1. The van der Waals surface area contributed by atoms with E-state index in [1.54, 1.807) is 0 Å². The first-order valence-electron chi connectivity index (χ1n) is 6.52. The maximum Gasteiger partial charge on any atom is 0.318 e. The minimum Gasteiger partial charge on any atom is -0.333 e. The van der Waals surface area contributed by atoms with Crippen LogP contribution in [0.25, 0.3) is 0 Å². The highest BCUT2D eigenvalue weighted by Gasteiger charge is 2.28. The van der Waals surface area contributed by atoms with Crippen molar-refractivity contribution in [3.63, 3.8) is 0 Å². The molecule has 0 fully saturated rings. The molecular weight excluding hydrogens is 224 g/mol. The molecule has 1 heterocycles. The highest BCUT2D eigenvalue weighted by Crippen LogP contribution is 2.23. The number of carbonyl (C=O) groups excluding carboxylic acids is 1. The van der Waals surface area contributed by atoms with Gasteiger partial charge in [0.25, 0.3) is 0 Å². The molecule has 0 aliphatic carbocycles. The van der Waals surface area contributed by atoms with Crippen molar-refractivity contribution >= 4 is 6.03 Å². The Morgan fingerprint density at radius 1 is 1.28 bits per heavy atom. The number of hydrogen-bond donors (Lipinski definition) is 1. The van der Waals surface area contributed by atoms with Crippen LogP contribution in [0.5, 0.6) is 0 Å². The molecule has 1 unspecified atom stereocenters. The van der Waals surface area contributed by atoms with Crippen molar-refractivity contribution in [2.45, 2.75) is 52.2 Å². The van der Waals surface area contributed by atoms with Gasteiger partial charge in [-0.05, 0) is 45.2 Å².